The molecule has 0 saturated heterocycles. The molecule has 1 aromatic heterocycles. The van der Waals surface area contributed by atoms with Gasteiger partial charge in [0.25, 0.3) is 0 Å². The van der Waals surface area contributed by atoms with E-state index in [4.69, 9.17) is 15.2 Å². The van der Waals surface area contributed by atoms with E-state index in [9.17, 15) is 0 Å². The maximum absolute atomic E-state index is 5.92. The molecule has 0 radical (unpaired) electrons. The number of nitrogens with zero attached hydrogens (tertiary/aromatic N) is 3. The van der Waals surface area contributed by atoms with Crippen LogP contribution in [0.3, 0.4) is 0 Å². The Kier molecular flexibility index (Phi) is 2.64. The number of aromatic nitrogens is 3. The normalized spacial score (nSPS) is 14.8. The number of fused-ring (bicyclic) bond motifs is 1. The summed E-state index contributed by atoms with van der Waals surface area (Å²) in [4.78, 5) is 0. The zero-order valence-electron chi connectivity index (χ0n) is 10.0. The quantitative estimate of drug-likeness (QED) is 0.886. The van der Waals surface area contributed by atoms with Crippen molar-refractivity contribution in [3.05, 3.63) is 30.1 Å². The Bertz CT molecular complexity index is 567. The molecule has 6 nitrogen and oxygen atoms in total. The van der Waals surface area contributed by atoms with E-state index in [0.29, 0.717) is 0 Å². The number of benzene rings is 1. The Morgan fingerprint density at radius 2 is 2.22 bits per heavy atom. The average molecular weight is 246 g/mol. The molecule has 1 aliphatic heterocycles. The molecule has 1 atom stereocenters. The van der Waals surface area contributed by atoms with Crippen molar-refractivity contribution in [2.75, 3.05) is 6.79 Å². The summed E-state index contributed by atoms with van der Waals surface area (Å²) in [5, 5.41) is 8.14. The van der Waals surface area contributed by atoms with Crippen molar-refractivity contribution in [3.8, 4) is 17.2 Å². The highest BCUT2D eigenvalue weighted by Gasteiger charge is 2.15. The van der Waals surface area contributed by atoms with Gasteiger partial charge >= 0.3 is 0 Å². The lowest BCUT2D eigenvalue weighted by Gasteiger charge is -2.03. The third-order valence-electron chi connectivity index (χ3n) is 2.95. The smallest absolute Gasteiger partial charge is 0.231 e. The van der Waals surface area contributed by atoms with E-state index >= 15 is 0 Å². The second-order valence-corrected chi connectivity index (χ2v) is 4.14. The molecular formula is C12H14N4O2. The molecule has 1 unspecified atom stereocenters. The Morgan fingerprint density at radius 3 is 3.06 bits per heavy atom. The number of hydrogen-bond acceptors (Lipinski definition) is 5. The van der Waals surface area contributed by atoms with Gasteiger partial charge in [-0.25, -0.2) is 4.68 Å². The van der Waals surface area contributed by atoms with Crippen LogP contribution in [0.15, 0.2) is 24.4 Å². The summed E-state index contributed by atoms with van der Waals surface area (Å²) in [6, 6.07) is 5.56. The molecule has 6 heteroatoms. The summed E-state index contributed by atoms with van der Waals surface area (Å²) in [6.45, 7) is 2.28. The highest BCUT2D eigenvalue weighted by Crippen LogP contribution is 2.33. The Morgan fingerprint density at radius 1 is 1.39 bits per heavy atom. The molecule has 2 heterocycles. The van der Waals surface area contributed by atoms with Gasteiger partial charge in [0, 0.05) is 6.07 Å². The largest absolute Gasteiger partial charge is 0.454 e. The molecule has 2 aromatic rings. The average Bonchev–Trinajstić information content (AvgIpc) is 3.05. The highest BCUT2D eigenvalue weighted by atomic mass is 16.7. The standard InChI is InChI=1S/C12H14N4O2/c1-2-9(13)10-6-16(15-14-10)8-3-4-11-12(5-8)18-7-17-11/h3-6,9H,2,7,13H2,1H3. The topological polar surface area (TPSA) is 75.2 Å². The summed E-state index contributed by atoms with van der Waals surface area (Å²) in [5.74, 6) is 1.48. The maximum Gasteiger partial charge on any atom is 0.231 e. The highest BCUT2D eigenvalue weighted by molar-refractivity contribution is 5.49. The molecule has 0 bridgehead atoms. The van der Waals surface area contributed by atoms with Gasteiger partial charge in [-0.05, 0) is 18.6 Å². The van der Waals surface area contributed by atoms with Crippen LogP contribution in [0.2, 0.25) is 0 Å². The van der Waals surface area contributed by atoms with E-state index in [1.54, 1.807) is 4.68 Å². The molecule has 0 spiro atoms. The molecule has 0 saturated carbocycles. The summed E-state index contributed by atoms with van der Waals surface area (Å²) in [6.07, 6.45) is 2.67. The van der Waals surface area contributed by atoms with Gasteiger partial charge in [-0.15, -0.1) is 5.10 Å². The van der Waals surface area contributed by atoms with Crippen LogP contribution in [0.25, 0.3) is 5.69 Å². The summed E-state index contributed by atoms with van der Waals surface area (Å²) < 4.78 is 12.3. The molecule has 1 aliphatic rings. The van der Waals surface area contributed by atoms with Crippen molar-refractivity contribution in [2.24, 2.45) is 5.73 Å². The minimum Gasteiger partial charge on any atom is -0.454 e. The van der Waals surface area contributed by atoms with Gasteiger partial charge in [-0.2, -0.15) is 0 Å². The molecule has 18 heavy (non-hydrogen) atoms. The molecule has 0 aliphatic carbocycles. The first-order valence-electron chi connectivity index (χ1n) is 5.86. The summed E-state index contributed by atoms with van der Waals surface area (Å²) in [5.41, 5.74) is 7.58. The number of ether oxygens (including phenoxy) is 2. The molecule has 3 rings (SSSR count). The fourth-order valence-corrected chi connectivity index (χ4v) is 1.81. The first-order valence-corrected chi connectivity index (χ1v) is 5.86. The fraction of sp³-hybridized carbons (Fsp3) is 0.333. The van der Waals surface area contributed by atoms with Gasteiger partial charge in [0.05, 0.1) is 23.6 Å². The Labute approximate surface area is 104 Å². The monoisotopic (exact) mass is 246 g/mol. The zero-order chi connectivity index (χ0) is 12.5. The van der Waals surface area contributed by atoms with E-state index < -0.39 is 0 Å². The van der Waals surface area contributed by atoms with E-state index in [0.717, 1.165) is 29.3 Å². The SMILES string of the molecule is CCC(N)c1cn(-c2ccc3c(c2)OCO3)nn1. The molecule has 0 amide bonds. The van der Waals surface area contributed by atoms with Crippen molar-refractivity contribution in [3.63, 3.8) is 0 Å². The van der Waals surface area contributed by atoms with Crippen molar-refractivity contribution >= 4 is 0 Å². The van der Waals surface area contributed by atoms with E-state index in [1.165, 1.54) is 0 Å². The first-order chi connectivity index (χ1) is 8.78. The molecular weight excluding hydrogens is 232 g/mol. The predicted octanol–water partition coefficient (Wildman–Crippen LogP) is 1.41. The molecule has 0 fully saturated rings. The van der Waals surface area contributed by atoms with E-state index in [2.05, 4.69) is 10.3 Å². The van der Waals surface area contributed by atoms with Gasteiger partial charge in [-0.1, -0.05) is 12.1 Å². The van der Waals surface area contributed by atoms with Crippen LogP contribution >= 0.6 is 0 Å². The maximum atomic E-state index is 5.92. The van der Waals surface area contributed by atoms with Crippen LogP contribution in [0.1, 0.15) is 25.1 Å². The minimum atomic E-state index is -0.0761. The van der Waals surface area contributed by atoms with Gasteiger partial charge in [0.1, 0.15) is 0 Å². The molecule has 2 N–H and O–H groups in total. The van der Waals surface area contributed by atoms with E-state index in [1.807, 2.05) is 31.3 Å². The lowest BCUT2D eigenvalue weighted by molar-refractivity contribution is 0.174. The zero-order valence-corrected chi connectivity index (χ0v) is 10.0. The van der Waals surface area contributed by atoms with E-state index in [-0.39, 0.29) is 12.8 Å². The summed E-state index contributed by atoms with van der Waals surface area (Å²) in [7, 11) is 0. The van der Waals surface area contributed by atoms with Gasteiger partial charge in [0.2, 0.25) is 6.79 Å². The third-order valence-corrected chi connectivity index (χ3v) is 2.95. The van der Waals surface area contributed by atoms with Crippen molar-refractivity contribution < 1.29 is 9.47 Å². The summed E-state index contributed by atoms with van der Waals surface area (Å²) >= 11 is 0. The molecule has 94 valence electrons. The second kappa shape index (κ2) is 4.30. The van der Waals surface area contributed by atoms with Gasteiger partial charge < -0.3 is 15.2 Å². The van der Waals surface area contributed by atoms with Crippen molar-refractivity contribution in [2.45, 2.75) is 19.4 Å². The minimum absolute atomic E-state index is 0.0761. The lowest BCUT2D eigenvalue weighted by atomic mass is 10.2. The predicted molar refractivity (Wildman–Crippen MR) is 64.7 cm³/mol. The third kappa shape index (κ3) is 1.80. The fourth-order valence-electron chi connectivity index (χ4n) is 1.81. The van der Waals surface area contributed by atoms with Gasteiger partial charge in [-0.3, -0.25) is 0 Å². The van der Waals surface area contributed by atoms with Crippen molar-refractivity contribution in [1.29, 1.82) is 0 Å². The second-order valence-electron chi connectivity index (χ2n) is 4.14. The van der Waals surface area contributed by atoms with Crippen LogP contribution in [-0.2, 0) is 0 Å². The Balaban J connectivity index is 1.92. The number of rotatable bonds is 3. The van der Waals surface area contributed by atoms with Gasteiger partial charge in [0.15, 0.2) is 11.5 Å². The van der Waals surface area contributed by atoms with Crippen LogP contribution in [0.4, 0.5) is 0 Å². The van der Waals surface area contributed by atoms with Crippen LogP contribution in [0.5, 0.6) is 11.5 Å². The first kappa shape index (κ1) is 11.0. The van der Waals surface area contributed by atoms with Crippen LogP contribution in [-0.4, -0.2) is 21.8 Å². The lowest BCUT2D eigenvalue weighted by Crippen LogP contribution is -2.08. The number of hydrogen-bond donors (Lipinski definition) is 1. The Hall–Kier alpha value is -2.08. The van der Waals surface area contributed by atoms with Crippen LogP contribution in [0, 0.1) is 0 Å². The molecule has 1 aromatic carbocycles. The van der Waals surface area contributed by atoms with Crippen molar-refractivity contribution in [1.82, 2.24) is 15.0 Å². The van der Waals surface area contributed by atoms with Crippen LogP contribution < -0.4 is 15.2 Å². The number of nitrogens with two attached hydrogens (primary N) is 1.